The molecule has 0 bridgehead atoms. The molecule has 2 heterocycles. The number of nitrogens with zero attached hydrogens (tertiary/aromatic N) is 3. The second-order valence-corrected chi connectivity index (χ2v) is 5.70. The third-order valence-electron chi connectivity index (χ3n) is 2.95. The first kappa shape index (κ1) is 14.5. The molecule has 3 aromatic rings. The lowest BCUT2D eigenvalue weighted by Gasteiger charge is -2.06. The van der Waals surface area contributed by atoms with Gasteiger partial charge in [0.2, 0.25) is 5.13 Å². The molecule has 0 amide bonds. The number of hydrogen-bond donors (Lipinski definition) is 1. The first-order chi connectivity index (χ1) is 10.8. The van der Waals surface area contributed by atoms with Crippen molar-refractivity contribution in [3.05, 3.63) is 54.2 Å². The summed E-state index contributed by atoms with van der Waals surface area (Å²) in [5, 5.41) is 13.0. The van der Waals surface area contributed by atoms with E-state index in [2.05, 4.69) is 20.5 Å². The third kappa shape index (κ3) is 3.79. The number of rotatable bonds is 6. The van der Waals surface area contributed by atoms with Crippen LogP contribution in [-0.4, -0.2) is 28.3 Å². The Kier molecular flexibility index (Phi) is 4.60. The zero-order chi connectivity index (χ0) is 15.2. The fourth-order valence-electron chi connectivity index (χ4n) is 1.92. The Hall–Kier alpha value is -2.47. The summed E-state index contributed by atoms with van der Waals surface area (Å²) < 4.78 is 5.68. The van der Waals surface area contributed by atoms with E-state index in [1.165, 1.54) is 16.9 Å². The molecule has 1 aromatic carbocycles. The standard InChI is InChI=1S/C16H16N4OS/c1-12-5-4-6-13(11-12)21-10-9-18-16-20-19-15(22-16)14-7-2-3-8-17-14/h2-8,11H,9-10H2,1H3,(H,18,20). The molecule has 0 aliphatic carbocycles. The summed E-state index contributed by atoms with van der Waals surface area (Å²) in [7, 11) is 0. The molecule has 0 radical (unpaired) electrons. The van der Waals surface area contributed by atoms with Gasteiger partial charge in [0.1, 0.15) is 18.1 Å². The Morgan fingerprint density at radius 1 is 1.14 bits per heavy atom. The Morgan fingerprint density at radius 3 is 2.91 bits per heavy atom. The van der Waals surface area contributed by atoms with Crippen molar-refractivity contribution in [1.82, 2.24) is 15.2 Å². The van der Waals surface area contributed by atoms with Gasteiger partial charge in [0, 0.05) is 6.20 Å². The molecule has 22 heavy (non-hydrogen) atoms. The molecule has 0 saturated heterocycles. The van der Waals surface area contributed by atoms with E-state index >= 15 is 0 Å². The molecule has 6 heteroatoms. The predicted molar refractivity (Wildman–Crippen MR) is 88.3 cm³/mol. The second kappa shape index (κ2) is 7.00. The van der Waals surface area contributed by atoms with Gasteiger partial charge in [-0.3, -0.25) is 4.98 Å². The topological polar surface area (TPSA) is 59.9 Å². The number of benzene rings is 1. The van der Waals surface area contributed by atoms with Crippen molar-refractivity contribution >= 4 is 16.5 Å². The van der Waals surface area contributed by atoms with Gasteiger partial charge in [0.25, 0.3) is 0 Å². The molecule has 2 aromatic heterocycles. The lowest BCUT2D eigenvalue weighted by molar-refractivity contribution is 0.332. The Morgan fingerprint density at radius 2 is 2.09 bits per heavy atom. The first-order valence-corrected chi connectivity index (χ1v) is 7.81. The van der Waals surface area contributed by atoms with Crippen molar-refractivity contribution in [3.8, 4) is 16.5 Å². The molecule has 3 rings (SSSR count). The maximum absolute atomic E-state index is 5.68. The van der Waals surface area contributed by atoms with Crippen LogP contribution in [0, 0.1) is 6.92 Å². The van der Waals surface area contributed by atoms with Gasteiger partial charge in [0.05, 0.1) is 6.54 Å². The van der Waals surface area contributed by atoms with Gasteiger partial charge < -0.3 is 10.1 Å². The van der Waals surface area contributed by atoms with Crippen LogP contribution in [0.5, 0.6) is 5.75 Å². The summed E-state index contributed by atoms with van der Waals surface area (Å²) in [6, 6.07) is 13.7. The number of aromatic nitrogens is 3. The van der Waals surface area contributed by atoms with Gasteiger partial charge in [-0.05, 0) is 36.8 Å². The van der Waals surface area contributed by atoms with Crippen molar-refractivity contribution in [3.63, 3.8) is 0 Å². The molecule has 0 fully saturated rings. The van der Waals surface area contributed by atoms with Gasteiger partial charge in [-0.15, -0.1) is 10.2 Å². The predicted octanol–water partition coefficient (Wildman–Crippen LogP) is 3.40. The number of pyridine rings is 1. The molecule has 1 N–H and O–H groups in total. The van der Waals surface area contributed by atoms with Crippen molar-refractivity contribution in [2.24, 2.45) is 0 Å². The third-order valence-corrected chi connectivity index (χ3v) is 3.85. The average Bonchev–Trinajstić information content (AvgIpc) is 3.01. The molecule has 0 spiro atoms. The van der Waals surface area contributed by atoms with E-state index in [1.807, 2.05) is 49.4 Å². The van der Waals surface area contributed by atoms with E-state index in [0.29, 0.717) is 13.2 Å². The van der Waals surface area contributed by atoms with E-state index in [4.69, 9.17) is 4.74 Å². The zero-order valence-corrected chi connectivity index (χ0v) is 13.0. The highest BCUT2D eigenvalue weighted by Crippen LogP contribution is 2.24. The van der Waals surface area contributed by atoms with Gasteiger partial charge in [-0.25, -0.2) is 0 Å². The van der Waals surface area contributed by atoms with Gasteiger partial charge in [0.15, 0.2) is 5.01 Å². The lowest BCUT2D eigenvalue weighted by Crippen LogP contribution is -2.11. The van der Waals surface area contributed by atoms with Crippen LogP contribution in [0.4, 0.5) is 5.13 Å². The summed E-state index contributed by atoms with van der Waals surface area (Å²) in [5.41, 5.74) is 2.03. The summed E-state index contributed by atoms with van der Waals surface area (Å²) in [6.45, 7) is 3.29. The number of nitrogens with one attached hydrogen (secondary N) is 1. The second-order valence-electron chi connectivity index (χ2n) is 4.72. The van der Waals surface area contributed by atoms with E-state index in [9.17, 15) is 0 Å². The van der Waals surface area contributed by atoms with Crippen molar-refractivity contribution in [2.45, 2.75) is 6.92 Å². The maximum atomic E-state index is 5.68. The van der Waals surface area contributed by atoms with Gasteiger partial charge in [-0.1, -0.05) is 29.5 Å². The Labute approximate surface area is 133 Å². The number of anilines is 1. The monoisotopic (exact) mass is 312 g/mol. The molecule has 0 aliphatic heterocycles. The molecule has 0 atom stereocenters. The molecule has 5 nitrogen and oxygen atoms in total. The minimum absolute atomic E-state index is 0.571. The number of ether oxygens (including phenoxy) is 1. The lowest BCUT2D eigenvalue weighted by atomic mass is 10.2. The van der Waals surface area contributed by atoms with Crippen LogP contribution in [-0.2, 0) is 0 Å². The fourth-order valence-corrected chi connectivity index (χ4v) is 2.67. The Bertz CT molecular complexity index is 730. The minimum atomic E-state index is 0.571. The summed E-state index contributed by atoms with van der Waals surface area (Å²) >= 11 is 1.48. The van der Waals surface area contributed by atoms with Crippen LogP contribution in [0.1, 0.15) is 5.56 Å². The summed E-state index contributed by atoms with van der Waals surface area (Å²) in [5.74, 6) is 0.883. The largest absolute Gasteiger partial charge is 0.492 e. The average molecular weight is 312 g/mol. The van der Waals surface area contributed by atoms with E-state index < -0.39 is 0 Å². The van der Waals surface area contributed by atoms with Crippen molar-refractivity contribution in [1.29, 1.82) is 0 Å². The molecular weight excluding hydrogens is 296 g/mol. The normalized spacial score (nSPS) is 10.4. The quantitative estimate of drug-likeness (QED) is 0.707. The highest BCUT2D eigenvalue weighted by molar-refractivity contribution is 7.18. The van der Waals surface area contributed by atoms with Crippen LogP contribution in [0.15, 0.2) is 48.7 Å². The molecular formula is C16H16N4OS. The molecule has 112 valence electrons. The van der Waals surface area contributed by atoms with Crippen molar-refractivity contribution < 1.29 is 4.74 Å². The van der Waals surface area contributed by atoms with Crippen LogP contribution in [0.3, 0.4) is 0 Å². The van der Waals surface area contributed by atoms with Gasteiger partial charge in [-0.2, -0.15) is 0 Å². The van der Waals surface area contributed by atoms with E-state index in [1.54, 1.807) is 6.20 Å². The highest BCUT2D eigenvalue weighted by atomic mass is 32.1. The van der Waals surface area contributed by atoms with Crippen LogP contribution < -0.4 is 10.1 Å². The van der Waals surface area contributed by atoms with Crippen molar-refractivity contribution in [2.75, 3.05) is 18.5 Å². The summed E-state index contributed by atoms with van der Waals surface area (Å²) in [6.07, 6.45) is 1.75. The SMILES string of the molecule is Cc1cccc(OCCNc2nnc(-c3ccccn3)s2)c1. The first-order valence-electron chi connectivity index (χ1n) is 6.99. The smallest absolute Gasteiger partial charge is 0.206 e. The fraction of sp³-hybridized carbons (Fsp3) is 0.188. The Balaban J connectivity index is 1.49. The molecule has 0 aliphatic rings. The van der Waals surface area contributed by atoms with E-state index in [-0.39, 0.29) is 0 Å². The summed E-state index contributed by atoms with van der Waals surface area (Å²) in [4.78, 5) is 4.26. The van der Waals surface area contributed by atoms with Crippen LogP contribution in [0.2, 0.25) is 0 Å². The molecule has 0 unspecified atom stereocenters. The molecule has 0 saturated carbocycles. The number of hydrogen-bond acceptors (Lipinski definition) is 6. The van der Waals surface area contributed by atoms with Crippen LogP contribution >= 0.6 is 11.3 Å². The zero-order valence-electron chi connectivity index (χ0n) is 12.2. The maximum Gasteiger partial charge on any atom is 0.206 e. The van der Waals surface area contributed by atoms with Gasteiger partial charge >= 0.3 is 0 Å². The van der Waals surface area contributed by atoms with Crippen LogP contribution in [0.25, 0.3) is 10.7 Å². The number of aryl methyl sites for hydroxylation is 1. The highest BCUT2D eigenvalue weighted by Gasteiger charge is 2.06. The minimum Gasteiger partial charge on any atom is -0.492 e. The van der Waals surface area contributed by atoms with E-state index in [0.717, 1.165) is 21.6 Å².